The van der Waals surface area contributed by atoms with E-state index in [4.69, 9.17) is 16.0 Å². The summed E-state index contributed by atoms with van der Waals surface area (Å²) in [6.07, 6.45) is 5.78. The summed E-state index contributed by atoms with van der Waals surface area (Å²) in [6.45, 7) is 0.171. The number of halogens is 1. The molecule has 204 valence electrons. The molecule has 13 heteroatoms. The normalized spacial score (nSPS) is 11.0. The van der Waals surface area contributed by atoms with E-state index in [2.05, 4.69) is 19.8 Å². The molecule has 0 aliphatic heterocycles. The van der Waals surface area contributed by atoms with Crippen LogP contribution in [-0.4, -0.2) is 35.4 Å². The molecule has 5 aromatic heterocycles. The minimum Gasteiger partial charge on any atom is -0.441 e. The van der Waals surface area contributed by atoms with Crippen molar-refractivity contribution in [3.05, 3.63) is 116 Å². The number of carbonyl (C=O) groups is 2. The third-order valence-corrected chi connectivity index (χ3v) is 7.94. The largest absolute Gasteiger partial charge is 0.441 e. The average molecular weight is 603 g/mol. The molecule has 0 amide bonds. The standard InChI is InChI=1S/C28H19ClN6O4S2/c29-24-7-6-20(41-24)13-31-25-11-22(33-35(25)28(38)26-30-8-9-39-26)21-10-18(17-4-2-1-3-5-17)14-34(27(21)37)15-23(36)19-12-32-40-16-19/h1-12,14,16,31H,13,15H2. The molecule has 5 heterocycles. The van der Waals surface area contributed by atoms with E-state index in [1.165, 1.54) is 34.6 Å². The molecule has 0 atom stereocenters. The molecular formula is C28H19ClN6O4S2. The molecular weight excluding hydrogens is 584 g/mol. The Labute approximate surface area is 245 Å². The van der Waals surface area contributed by atoms with Crippen LogP contribution in [0.25, 0.3) is 22.4 Å². The fourth-order valence-corrected chi connectivity index (χ4v) is 5.72. The summed E-state index contributed by atoms with van der Waals surface area (Å²) in [7, 11) is 0. The van der Waals surface area contributed by atoms with Crippen LogP contribution in [0.4, 0.5) is 5.82 Å². The molecule has 0 saturated carbocycles. The third-order valence-electron chi connectivity index (χ3n) is 6.13. The van der Waals surface area contributed by atoms with Gasteiger partial charge in [-0.25, -0.2) is 9.36 Å². The molecule has 0 aliphatic carbocycles. The first-order valence-corrected chi connectivity index (χ1v) is 14.2. The maximum absolute atomic E-state index is 13.8. The van der Waals surface area contributed by atoms with Gasteiger partial charge in [0, 0.05) is 22.5 Å². The Morgan fingerprint density at radius 1 is 1.07 bits per heavy atom. The number of hydrogen-bond acceptors (Lipinski definition) is 10. The molecule has 0 aliphatic rings. The predicted molar refractivity (Wildman–Crippen MR) is 157 cm³/mol. The number of benzene rings is 1. The Morgan fingerprint density at radius 3 is 2.63 bits per heavy atom. The molecule has 6 rings (SSSR count). The number of aromatic nitrogens is 5. The van der Waals surface area contributed by atoms with Gasteiger partial charge in [0.25, 0.3) is 11.4 Å². The van der Waals surface area contributed by atoms with Gasteiger partial charge in [0.05, 0.1) is 40.9 Å². The van der Waals surface area contributed by atoms with Gasteiger partial charge in [-0.3, -0.25) is 14.4 Å². The Balaban J connectivity index is 1.45. The van der Waals surface area contributed by atoms with Crippen LogP contribution >= 0.6 is 34.5 Å². The first-order valence-electron chi connectivity index (χ1n) is 12.2. The van der Waals surface area contributed by atoms with Gasteiger partial charge < -0.3 is 14.3 Å². The van der Waals surface area contributed by atoms with Gasteiger partial charge in [-0.05, 0) is 40.9 Å². The lowest BCUT2D eigenvalue weighted by Crippen LogP contribution is -2.25. The van der Waals surface area contributed by atoms with Crippen LogP contribution in [0.5, 0.6) is 0 Å². The van der Waals surface area contributed by atoms with Gasteiger partial charge in [-0.15, -0.1) is 11.3 Å². The maximum atomic E-state index is 13.8. The van der Waals surface area contributed by atoms with Crippen LogP contribution < -0.4 is 10.9 Å². The van der Waals surface area contributed by atoms with E-state index in [0.29, 0.717) is 27.8 Å². The quantitative estimate of drug-likeness (QED) is 0.208. The molecule has 0 fully saturated rings. The molecule has 6 aromatic rings. The third kappa shape index (κ3) is 5.66. The number of hydrogen-bond donors (Lipinski definition) is 1. The number of Topliss-reactive ketones (excluding diaryl/α,β-unsaturated/α-hetero) is 1. The highest BCUT2D eigenvalue weighted by atomic mass is 35.5. The van der Waals surface area contributed by atoms with Crippen molar-refractivity contribution in [1.82, 2.24) is 23.7 Å². The van der Waals surface area contributed by atoms with E-state index in [1.54, 1.807) is 29.8 Å². The number of thiophene rings is 1. The Hall–Kier alpha value is -4.65. The highest BCUT2D eigenvalue weighted by molar-refractivity contribution is 7.16. The predicted octanol–water partition coefficient (Wildman–Crippen LogP) is 5.72. The summed E-state index contributed by atoms with van der Waals surface area (Å²) < 4.78 is 12.3. The highest BCUT2D eigenvalue weighted by Gasteiger charge is 2.23. The average Bonchev–Trinajstić information content (AvgIpc) is 3.81. The van der Waals surface area contributed by atoms with Crippen LogP contribution in [0.15, 0.2) is 94.0 Å². The van der Waals surface area contributed by atoms with Crippen molar-refractivity contribution in [2.45, 2.75) is 13.1 Å². The second-order valence-electron chi connectivity index (χ2n) is 8.81. The van der Waals surface area contributed by atoms with Crippen molar-refractivity contribution in [3.8, 4) is 22.4 Å². The fraction of sp³-hybridized carbons (Fsp3) is 0.0714. The fourth-order valence-electron chi connectivity index (χ4n) is 4.15. The number of oxazole rings is 1. The smallest absolute Gasteiger partial charge is 0.335 e. The molecule has 0 spiro atoms. The van der Waals surface area contributed by atoms with Crippen molar-refractivity contribution >= 4 is 52.0 Å². The zero-order valence-corrected chi connectivity index (χ0v) is 23.4. The number of nitrogens with zero attached hydrogens (tertiary/aromatic N) is 5. The van der Waals surface area contributed by atoms with Gasteiger partial charge >= 0.3 is 5.91 Å². The van der Waals surface area contributed by atoms with Crippen LogP contribution in [0.2, 0.25) is 4.34 Å². The van der Waals surface area contributed by atoms with Crippen LogP contribution in [0.1, 0.15) is 25.9 Å². The van der Waals surface area contributed by atoms with E-state index >= 15 is 0 Å². The lowest BCUT2D eigenvalue weighted by Gasteiger charge is -2.11. The van der Waals surface area contributed by atoms with E-state index in [0.717, 1.165) is 26.7 Å². The van der Waals surface area contributed by atoms with Gasteiger partial charge in [-0.1, -0.05) is 41.9 Å². The van der Waals surface area contributed by atoms with Crippen molar-refractivity contribution in [1.29, 1.82) is 0 Å². The number of anilines is 1. The first-order chi connectivity index (χ1) is 20.0. The number of carbonyl (C=O) groups excluding carboxylic acids is 2. The lowest BCUT2D eigenvalue weighted by atomic mass is 10.0. The van der Waals surface area contributed by atoms with Crippen LogP contribution in [0, 0.1) is 0 Å². The second kappa shape index (κ2) is 11.5. The minimum atomic E-state index is -0.618. The van der Waals surface area contributed by atoms with Crippen LogP contribution in [-0.2, 0) is 13.1 Å². The maximum Gasteiger partial charge on any atom is 0.335 e. The monoisotopic (exact) mass is 602 g/mol. The van der Waals surface area contributed by atoms with Gasteiger partial charge in [-0.2, -0.15) is 9.78 Å². The summed E-state index contributed by atoms with van der Waals surface area (Å²) in [5.74, 6) is -0.706. The summed E-state index contributed by atoms with van der Waals surface area (Å²) >= 11 is 8.64. The number of nitrogens with one attached hydrogen (secondary N) is 1. The SMILES string of the molecule is O=C(Cn1cc(-c2ccccc2)cc(-c2cc(NCc3ccc(Cl)s3)n(C(=O)c3ncco3)n2)c1=O)c1cnsc1. The van der Waals surface area contributed by atoms with Gasteiger partial charge in [0.1, 0.15) is 17.8 Å². The molecule has 1 N–H and O–H groups in total. The highest BCUT2D eigenvalue weighted by Crippen LogP contribution is 2.27. The number of pyridine rings is 1. The summed E-state index contributed by atoms with van der Waals surface area (Å²) in [6, 6.07) is 16.4. The summed E-state index contributed by atoms with van der Waals surface area (Å²) in [4.78, 5) is 44.8. The van der Waals surface area contributed by atoms with Gasteiger partial charge in [0.2, 0.25) is 0 Å². The van der Waals surface area contributed by atoms with E-state index in [9.17, 15) is 14.4 Å². The van der Waals surface area contributed by atoms with Gasteiger partial charge in [0.15, 0.2) is 5.78 Å². The lowest BCUT2D eigenvalue weighted by molar-refractivity contribution is 0.0912. The minimum absolute atomic E-state index is 0.160. The number of ketones is 1. The molecule has 1 aromatic carbocycles. The topological polar surface area (TPSA) is 125 Å². The zero-order chi connectivity index (χ0) is 28.3. The van der Waals surface area contributed by atoms with E-state index in [1.807, 2.05) is 36.4 Å². The first kappa shape index (κ1) is 26.6. The van der Waals surface area contributed by atoms with Crippen molar-refractivity contribution in [2.75, 3.05) is 5.32 Å². The summed E-state index contributed by atoms with van der Waals surface area (Å²) in [5.41, 5.74) is 1.98. The molecule has 0 radical (unpaired) electrons. The molecule has 0 bridgehead atoms. The van der Waals surface area contributed by atoms with E-state index in [-0.39, 0.29) is 29.5 Å². The summed E-state index contributed by atoms with van der Waals surface area (Å²) in [5, 5.41) is 9.34. The second-order valence-corrected chi connectivity index (χ2v) is 11.3. The molecule has 41 heavy (non-hydrogen) atoms. The Morgan fingerprint density at radius 2 is 1.93 bits per heavy atom. The zero-order valence-electron chi connectivity index (χ0n) is 21.1. The van der Waals surface area contributed by atoms with Crippen molar-refractivity contribution in [2.24, 2.45) is 0 Å². The van der Waals surface area contributed by atoms with E-state index < -0.39 is 11.5 Å². The van der Waals surface area contributed by atoms with Crippen molar-refractivity contribution < 1.29 is 14.0 Å². The molecule has 0 unspecified atom stereocenters. The number of rotatable bonds is 9. The Kier molecular flexibility index (Phi) is 7.42. The van der Waals surface area contributed by atoms with Crippen LogP contribution in [0.3, 0.4) is 0 Å². The molecule has 0 saturated heterocycles. The Bertz CT molecular complexity index is 1890. The van der Waals surface area contributed by atoms with Crippen molar-refractivity contribution in [3.63, 3.8) is 0 Å². The molecule has 10 nitrogen and oxygen atoms in total.